The van der Waals surface area contributed by atoms with E-state index in [9.17, 15) is 4.79 Å². The Morgan fingerprint density at radius 2 is 2.29 bits per heavy atom. The molecule has 2 aromatic heterocycles. The third-order valence-corrected chi connectivity index (χ3v) is 4.41. The third kappa shape index (κ3) is 2.95. The van der Waals surface area contributed by atoms with Gasteiger partial charge in [0.05, 0.1) is 15.0 Å². The van der Waals surface area contributed by atoms with Crippen LogP contribution < -0.4 is 0 Å². The summed E-state index contributed by atoms with van der Waals surface area (Å²) in [6.45, 7) is 2.06. The minimum Gasteiger partial charge on any atom is -0.294 e. The zero-order valence-corrected chi connectivity index (χ0v) is 12.7. The average molecular weight is 360 g/mol. The van der Waals surface area contributed by atoms with E-state index < -0.39 is 0 Å². The third-order valence-electron chi connectivity index (χ3n) is 2.62. The first-order valence-electron chi connectivity index (χ1n) is 5.39. The Bertz CT molecular complexity index is 544. The number of halogens is 1. The van der Waals surface area contributed by atoms with Gasteiger partial charge in [0, 0.05) is 23.7 Å². The number of carbonyl (C=O) groups is 1. The highest BCUT2D eigenvalue weighted by atomic mass is 127. The van der Waals surface area contributed by atoms with Crippen LogP contribution in [0, 0.1) is 2.88 Å². The van der Waals surface area contributed by atoms with Crippen LogP contribution in [0.15, 0.2) is 17.5 Å². The molecule has 2 aromatic rings. The van der Waals surface area contributed by atoms with Crippen molar-refractivity contribution in [3.05, 3.63) is 37.3 Å². The van der Waals surface area contributed by atoms with Gasteiger partial charge in [-0.25, -0.2) is 0 Å². The number of Topliss-reactive ketones (excluding diaryl/α,β-unsaturated/α-hetero) is 1. The fourth-order valence-electron chi connectivity index (χ4n) is 1.63. The van der Waals surface area contributed by atoms with Crippen molar-refractivity contribution in [1.82, 2.24) is 9.78 Å². The monoisotopic (exact) mass is 360 g/mol. The molecule has 0 N–H and O–H groups in total. The molecule has 0 saturated heterocycles. The normalized spacial score (nSPS) is 10.8. The zero-order chi connectivity index (χ0) is 12.4. The fourth-order valence-corrected chi connectivity index (χ4v) is 2.98. The molecule has 0 atom stereocenters. The molecular formula is C12H13IN2OS. The molecule has 3 nitrogen and oxygen atoms in total. The van der Waals surface area contributed by atoms with Crippen molar-refractivity contribution in [1.29, 1.82) is 0 Å². The summed E-state index contributed by atoms with van der Waals surface area (Å²) in [4.78, 5) is 12.0. The van der Waals surface area contributed by atoms with E-state index in [1.54, 1.807) is 16.0 Å². The summed E-state index contributed by atoms with van der Waals surface area (Å²) in [6.07, 6.45) is 1.33. The predicted octanol–water partition coefficient (Wildman–Crippen LogP) is 3.07. The van der Waals surface area contributed by atoms with Crippen molar-refractivity contribution in [2.75, 3.05) is 0 Å². The minimum atomic E-state index is 0.162. The van der Waals surface area contributed by atoms with Crippen LogP contribution in [0.1, 0.15) is 28.7 Å². The van der Waals surface area contributed by atoms with Crippen LogP contribution >= 0.6 is 33.9 Å². The molecule has 2 heterocycles. The first-order valence-corrected chi connectivity index (χ1v) is 7.35. The van der Waals surface area contributed by atoms with Gasteiger partial charge in [-0.3, -0.25) is 9.48 Å². The van der Waals surface area contributed by atoms with E-state index in [-0.39, 0.29) is 5.78 Å². The maximum atomic E-state index is 12.0. The molecule has 0 spiro atoms. The minimum absolute atomic E-state index is 0.162. The molecule has 0 amide bonds. The topological polar surface area (TPSA) is 34.9 Å². The summed E-state index contributed by atoms with van der Waals surface area (Å²) in [5.74, 6) is 0.162. The van der Waals surface area contributed by atoms with Gasteiger partial charge >= 0.3 is 0 Å². The summed E-state index contributed by atoms with van der Waals surface area (Å²) < 4.78 is 2.94. The summed E-state index contributed by atoms with van der Waals surface area (Å²) in [6, 6.07) is 3.94. The Labute approximate surface area is 118 Å². The number of hydrogen-bond donors (Lipinski definition) is 0. The smallest absolute Gasteiger partial charge is 0.169 e. The fraction of sp³-hybridized carbons (Fsp3) is 0.333. The largest absolute Gasteiger partial charge is 0.294 e. The Morgan fingerprint density at radius 1 is 1.53 bits per heavy atom. The number of hydrogen-bond acceptors (Lipinski definition) is 3. The van der Waals surface area contributed by atoms with E-state index in [1.165, 1.54) is 0 Å². The van der Waals surface area contributed by atoms with E-state index in [0.29, 0.717) is 6.42 Å². The summed E-state index contributed by atoms with van der Waals surface area (Å²) in [5.41, 5.74) is 2.82. The van der Waals surface area contributed by atoms with Crippen LogP contribution in [-0.4, -0.2) is 15.6 Å². The van der Waals surface area contributed by atoms with Crippen molar-refractivity contribution in [2.24, 2.45) is 7.05 Å². The van der Waals surface area contributed by atoms with Gasteiger partial charge in [0.15, 0.2) is 5.78 Å². The molecule has 0 aromatic carbocycles. The quantitative estimate of drug-likeness (QED) is 0.621. The number of rotatable bonds is 4. The van der Waals surface area contributed by atoms with Crippen molar-refractivity contribution in [2.45, 2.75) is 19.8 Å². The van der Waals surface area contributed by atoms with E-state index in [4.69, 9.17) is 0 Å². The first kappa shape index (κ1) is 12.8. The predicted molar refractivity (Wildman–Crippen MR) is 77.7 cm³/mol. The molecular weight excluding hydrogens is 347 g/mol. The number of aromatic nitrogens is 2. The number of aryl methyl sites for hydroxylation is 2. The molecule has 0 fully saturated rings. The van der Waals surface area contributed by atoms with Crippen molar-refractivity contribution >= 4 is 39.7 Å². The highest BCUT2D eigenvalue weighted by Gasteiger charge is 2.12. The molecule has 0 saturated carbocycles. The summed E-state index contributed by atoms with van der Waals surface area (Å²) >= 11 is 3.83. The highest BCUT2D eigenvalue weighted by Crippen LogP contribution is 2.18. The molecule has 17 heavy (non-hydrogen) atoms. The van der Waals surface area contributed by atoms with Gasteiger partial charge in [-0.15, -0.1) is 11.3 Å². The van der Waals surface area contributed by atoms with E-state index >= 15 is 0 Å². The lowest BCUT2D eigenvalue weighted by molar-refractivity contribution is 0.0991. The maximum absolute atomic E-state index is 12.0. The lowest BCUT2D eigenvalue weighted by Crippen LogP contribution is -2.06. The molecule has 0 bridgehead atoms. The summed E-state index contributed by atoms with van der Waals surface area (Å²) in [7, 11) is 1.89. The Kier molecular flexibility index (Phi) is 3.98. The maximum Gasteiger partial charge on any atom is 0.169 e. The number of thiophene rings is 1. The van der Waals surface area contributed by atoms with Crippen LogP contribution in [0.5, 0.6) is 0 Å². The Morgan fingerprint density at radius 3 is 2.82 bits per heavy atom. The van der Waals surface area contributed by atoms with Gasteiger partial charge in [0.1, 0.15) is 0 Å². The number of ketones is 1. The van der Waals surface area contributed by atoms with Crippen LogP contribution in [0.4, 0.5) is 0 Å². The lowest BCUT2D eigenvalue weighted by Gasteiger charge is -1.99. The molecule has 90 valence electrons. The van der Waals surface area contributed by atoms with Gasteiger partial charge in [0.2, 0.25) is 0 Å². The SMILES string of the molecule is CCc1cc(CC(=O)c2csc(I)c2)n(C)n1. The van der Waals surface area contributed by atoms with Crippen LogP contribution in [-0.2, 0) is 19.9 Å². The molecule has 2 rings (SSSR count). The molecule has 0 unspecified atom stereocenters. The van der Waals surface area contributed by atoms with Gasteiger partial charge in [-0.05, 0) is 41.1 Å². The molecule has 5 heteroatoms. The second kappa shape index (κ2) is 5.30. The van der Waals surface area contributed by atoms with Gasteiger partial charge in [0.25, 0.3) is 0 Å². The van der Waals surface area contributed by atoms with E-state index in [1.807, 2.05) is 24.6 Å². The second-order valence-corrected chi connectivity index (χ2v) is 6.65. The average Bonchev–Trinajstić information content (AvgIpc) is 2.86. The summed E-state index contributed by atoms with van der Waals surface area (Å²) in [5, 5.41) is 6.26. The van der Waals surface area contributed by atoms with Gasteiger partial charge in [-0.2, -0.15) is 5.10 Å². The van der Waals surface area contributed by atoms with Crippen molar-refractivity contribution < 1.29 is 4.79 Å². The van der Waals surface area contributed by atoms with Crippen molar-refractivity contribution in [3.8, 4) is 0 Å². The molecule has 0 aliphatic rings. The standard InChI is InChI=1S/C12H13IN2OS/c1-3-9-5-10(15(2)14-9)6-11(16)8-4-12(13)17-7-8/h4-5,7H,3,6H2,1-2H3. The van der Waals surface area contributed by atoms with Gasteiger partial charge < -0.3 is 0 Å². The molecule has 0 aliphatic carbocycles. The van der Waals surface area contributed by atoms with Crippen LogP contribution in [0.25, 0.3) is 0 Å². The van der Waals surface area contributed by atoms with Crippen LogP contribution in [0.2, 0.25) is 0 Å². The van der Waals surface area contributed by atoms with E-state index in [2.05, 4.69) is 34.6 Å². The lowest BCUT2D eigenvalue weighted by atomic mass is 10.1. The second-order valence-electron chi connectivity index (χ2n) is 3.84. The van der Waals surface area contributed by atoms with Gasteiger partial charge in [-0.1, -0.05) is 6.92 Å². The number of nitrogens with zero attached hydrogens (tertiary/aromatic N) is 2. The van der Waals surface area contributed by atoms with E-state index in [0.717, 1.165) is 26.3 Å². The Balaban J connectivity index is 2.15. The Hall–Kier alpha value is -0.690. The van der Waals surface area contributed by atoms with Crippen molar-refractivity contribution in [3.63, 3.8) is 0 Å². The molecule has 0 aliphatic heterocycles. The highest BCUT2D eigenvalue weighted by molar-refractivity contribution is 14.1. The molecule has 0 radical (unpaired) electrons. The zero-order valence-electron chi connectivity index (χ0n) is 9.74. The first-order chi connectivity index (χ1) is 8.10. The van der Waals surface area contributed by atoms with Crippen LogP contribution in [0.3, 0.4) is 0 Å². The number of carbonyl (C=O) groups excluding carboxylic acids is 1.